The van der Waals surface area contributed by atoms with E-state index in [1.54, 1.807) is 72.8 Å². The highest BCUT2D eigenvalue weighted by Crippen LogP contribution is 2.29. The minimum Gasteiger partial charge on any atom is -0.493 e. The number of rotatable bonds is 11. The van der Waals surface area contributed by atoms with E-state index in [4.69, 9.17) is 21.1 Å². The van der Waals surface area contributed by atoms with E-state index in [1.165, 1.54) is 26.0 Å². The molecule has 226 valence electrons. The lowest BCUT2D eigenvalue weighted by molar-refractivity contribution is -0.115. The van der Waals surface area contributed by atoms with E-state index in [0.29, 0.717) is 39.0 Å². The molecule has 0 bridgehead atoms. The van der Waals surface area contributed by atoms with Gasteiger partial charge >= 0.3 is 0 Å². The highest BCUT2D eigenvalue weighted by Gasteiger charge is 2.17. The molecule has 0 radical (unpaired) electrons. The molecule has 0 saturated carbocycles. The normalized spacial score (nSPS) is 11.7. The number of aryl methyl sites for hydroxylation is 1. The average Bonchev–Trinajstić information content (AvgIpc) is 3.03. The first-order valence-corrected chi connectivity index (χ1v) is 14.9. The Kier molecular flexibility index (Phi) is 11.1. The molecule has 0 aliphatic carbocycles. The minimum atomic E-state index is -0.519. The number of hydrogen-bond donors (Lipinski definition) is 3. The summed E-state index contributed by atoms with van der Waals surface area (Å²) in [4.78, 5) is 39.9. The molecule has 4 aromatic carbocycles. The number of ether oxygens (including phenoxy) is 2. The number of carbonyl (C=O) groups is 3. The summed E-state index contributed by atoms with van der Waals surface area (Å²) >= 11 is 7.55. The monoisotopic (exact) mass is 629 g/mol. The molecular weight excluding hydrogens is 598 g/mol. The van der Waals surface area contributed by atoms with E-state index in [9.17, 15) is 14.4 Å². The largest absolute Gasteiger partial charge is 0.493 e. The molecule has 10 heteroatoms. The smallest absolute Gasteiger partial charge is 0.272 e. The predicted molar refractivity (Wildman–Crippen MR) is 177 cm³/mol. The maximum absolute atomic E-state index is 13.4. The Morgan fingerprint density at radius 2 is 1.50 bits per heavy atom. The van der Waals surface area contributed by atoms with Gasteiger partial charge in [-0.05, 0) is 91.7 Å². The van der Waals surface area contributed by atoms with Crippen LogP contribution in [0.1, 0.15) is 28.4 Å². The first kappa shape index (κ1) is 32.2. The summed E-state index contributed by atoms with van der Waals surface area (Å²) in [5, 5.41) is 8.64. The van der Waals surface area contributed by atoms with Crippen LogP contribution in [0, 0.1) is 6.92 Å². The molecule has 4 aromatic rings. The Morgan fingerprint density at radius 1 is 0.818 bits per heavy atom. The SMILES string of the molecule is COc1ccc(/C=C(\NC(=O)c2ccccc2)C(=O)Nc2ccc(SC(C)C(=O)Nc3ccc(C)c(Cl)c3)cc2)cc1OC. The van der Waals surface area contributed by atoms with Gasteiger partial charge in [0.15, 0.2) is 11.5 Å². The lowest BCUT2D eigenvalue weighted by atomic mass is 10.1. The summed E-state index contributed by atoms with van der Waals surface area (Å²) in [5.74, 6) is -0.0953. The molecule has 3 amide bonds. The van der Waals surface area contributed by atoms with Gasteiger partial charge in [-0.25, -0.2) is 0 Å². The van der Waals surface area contributed by atoms with E-state index in [2.05, 4.69) is 16.0 Å². The lowest BCUT2D eigenvalue weighted by Crippen LogP contribution is -2.30. The summed E-state index contributed by atoms with van der Waals surface area (Å²) in [6.07, 6.45) is 1.56. The Labute approximate surface area is 265 Å². The molecule has 0 saturated heterocycles. The summed E-state index contributed by atoms with van der Waals surface area (Å²) in [5.41, 5.74) is 3.13. The Hall–Kier alpha value is -4.73. The van der Waals surface area contributed by atoms with E-state index in [-0.39, 0.29) is 16.9 Å². The molecule has 4 rings (SSSR count). The van der Waals surface area contributed by atoms with Crippen LogP contribution in [0.15, 0.2) is 102 Å². The van der Waals surface area contributed by atoms with Crippen molar-refractivity contribution in [2.75, 3.05) is 24.9 Å². The van der Waals surface area contributed by atoms with Crippen LogP contribution in [0.25, 0.3) is 6.08 Å². The van der Waals surface area contributed by atoms with Gasteiger partial charge in [-0.3, -0.25) is 14.4 Å². The second kappa shape index (κ2) is 15.1. The molecule has 0 spiro atoms. The fourth-order valence-corrected chi connectivity index (χ4v) is 5.09. The fraction of sp³-hybridized carbons (Fsp3) is 0.147. The van der Waals surface area contributed by atoms with Crippen LogP contribution in [0.5, 0.6) is 11.5 Å². The molecule has 0 fully saturated rings. The van der Waals surface area contributed by atoms with Crippen LogP contribution in [0.2, 0.25) is 5.02 Å². The highest BCUT2D eigenvalue weighted by atomic mass is 35.5. The third-order valence-electron chi connectivity index (χ3n) is 6.48. The van der Waals surface area contributed by atoms with Crippen molar-refractivity contribution in [3.63, 3.8) is 0 Å². The van der Waals surface area contributed by atoms with Crippen molar-refractivity contribution in [2.24, 2.45) is 0 Å². The Bertz CT molecular complexity index is 1680. The quantitative estimate of drug-likeness (QED) is 0.120. The topological polar surface area (TPSA) is 106 Å². The number of halogens is 1. The van der Waals surface area contributed by atoms with Crippen molar-refractivity contribution in [2.45, 2.75) is 24.0 Å². The molecule has 0 aliphatic heterocycles. The molecule has 1 atom stereocenters. The maximum atomic E-state index is 13.4. The number of carbonyl (C=O) groups excluding carboxylic acids is 3. The van der Waals surface area contributed by atoms with E-state index >= 15 is 0 Å². The van der Waals surface area contributed by atoms with Gasteiger partial charge in [0, 0.05) is 26.9 Å². The number of hydrogen-bond acceptors (Lipinski definition) is 6. The van der Waals surface area contributed by atoms with Gasteiger partial charge in [0.1, 0.15) is 5.70 Å². The predicted octanol–water partition coefficient (Wildman–Crippen LogP) is 7.19. The number of anilines is 2. The lowest BCUT2D eigenvalue weighted by Gasteiger charge is -2.14. The van der Waals surface area contributed by atoms with Gasteiger partial charge in [0.25, 0.3) is 11.8 Å². The van der Waals surface area contributed by atoms with Crippen molar-refractivity contribution in [3.05, 3.63) is 118 Å². The van der Waals surface area contributed by atoms with Crippen LogP contribution in [0.3, 0.4) is 0 Å². The second-order valence-electron chi connectivity index (χ2n) is 9.68. The average molecular weight is 630 g/mol. The van der Waals surface area contributed by atoms with E-state index in [0.717, 1.165) is 10.5 Å². The van der Waals surface area contributed by atoms with Crippen LogP contribution in [-0.4, -0.2) is 37.2 Å². The van der Waals surface area contributed by atoms with Crippen molar-refractivity contribution in [1.29, 1.82) is 0 Å². The zero-order valence-corrected chi connectivity index (χ0v) is 26.2. The summed E-state index contributed by atoms with van der Waals surface area (Å²) in [6.45, 7) is 3.71. The van der Waals surface area contributed by atoms with Gasteiger partial charge in [0.2, 0.25) is 5.91 Å². The van der Waals surface area contributed by atoms with Gasteiger partial charge in [-0.15, -0.1) is 11.8 Å². The third-order valence-corrected chi connectivity index (χ3v) is 8.00. The molecular formula is C34H32ClN3O5S. The van der Waals surface area contributed by atoms with Crippen molar-refractivity contribution in [1.82, 2.24) is 5.32 Å². The van der Waals surface area contributed by atoms with Gasteiger partial charge in [-0.2, -0.15) is 0 Å². The number of nitrogens with one attached hydrogen (secondary N) is 3. The van der Waals surface area contributed by atoms with Gasteiger partial charge in [-0.1, -0.05) is 41.9 Å². The van der Waals surface area contributed by atoms with E-state index in [1.807, 2.05) is 38.1 Å². The maximum Gasteiger partial charge on any atom is 0.272 e. The Balaban J connectivity index is 1.47. The van der Waals surface area contributed by atoms with Crippen molar-refractivity contribution in [3.8, 4) is 11.5 Å². The van der Waals surface area contributed by atoms with Gasteiger partial charge < -0.3 is 25.4 Å². The van der Waals surface area contributed by atoms with Crippen LogP contribution in [-0.2, 0) is 9.59 Å². The standard InChI is InChI=1S/C34H32ClN3O5S/c1-21-10-12-26(20-28(21)35)37-32(39)22(2)44-27-15-13-25(14-16-27)36-34(41)29(38-33(40)24-8-6-5-7-9-24)18-23-11-17-30(42-3)31(19-23)43-4/h5-20,22H,1-4H3,(H,36,41)(H,37,39)(H,38,40)/b29-18-. The number of thioether (sulfide) groups is 1. The molecule has 1 unspecified atom stereocenters. The van der Waals surface area contributed by atoms with Crippen LogP contribution < -0.4 is 25.4 Å². The number of benzene rings is 4. The van der Waals surface area contributed by atoms with Crippen LogP contribution in [0.4, 0.5) is 11.4 Å². The fourth-order valence-electron chi connectivity index (χ4n) is 4.04. The van der Waals surface area contributed by atoms with Crippen LogP contribution >= 0.6 is 23.4 Å². The molecule has 0 aromatic heterocycles. The van der Waals surface area contributed by atoms with Gasteiger partial charge in [0.05, 0.1) is 19.5 Å². The third kappa shape index (κ3) is 8.65. The number of amides is 3. The minimum absolute atomic E-state index is 0.0334. The molecule has 0 aliphatic rings. The zero-order valence-electron chi connectivity index (χ0n) is 24.6. The molecule has 8 nitrogen and oxygen atoms in total. The summed E-state index contributed by atoms with van der Waals surface area (Å²) < 4.78 is 10.7. The van der Waals surface area contributed by atoms with Crippen molar-refractivity contribution < 1.29 is 23.9 Å². The summed E-state index contributed by atoms with van der Waals surface area (Å²) in [7, 11) is 3.05. The highest BCUT2D eigenvalue weighted by molar-refractivity contribution is 8.00. The Morgan fingerprint density at radius 3 is 2.16 bits per heavy atom. The molecule has 3 N–H and O–H groups in total. The van der Waals surface area contributed by atoms with Crippen molar-refractivity contribution >= 4 is 58.5 Å². The molecule has 44 heavy (non-hydrogen) atoms. The van der Waals surface area contributed by atoms with E-state index < -0.39 is 11.8 Å². The zero-order chi connectivity index (χ0) is 31.6. The second-order valence-corrected chi connectivity index (χ2v) is 11.5. The number of methoxy groups -OCH3 is 2. The first-order chi connectivity index (χ1) is 21.2. The summed E-state index contributed by atoms with van der Waals surface area (Å²) in [6, 6.07) is 26.3. The molecule has 0 heterocycles. The first-order valence-electron chi connectivity index (χ1n) is 13.6.